The van der Waals surface area contributed by atoms with E-state index in [1.807, 2.05) is 12.1 Å². The molecule has 0 saturated heterocycles. The number of rotatable bonds is 5. The molecule has 6 heteroatoms. The highest BCUT2D eigenvalue weighted by Crippen LogP contribution is 2.41. The summed E-state index contributed by atoms with van der Waals surface area (Å²) in [7, 11) is 0. The van der Waals surface area contributed by atoms with Crippen LogP contribution in [0.2, 0.25) is 0 Å². The van der Waals surface area contributed by atoms with Crippen LogP contribution in [0, 0.1) is 0 Å². The summed E-state index contributed by atoms with van der Waals surface area (Å²) in [5.41, 5.74) is 2.58. The van der Waals surface area contributed by atoms with E-state index in [-0.39, 0.29) is 75.2 Å². The average Bonchev–Trinajstić information content (AvgIpc) is 3.88. The Kier molecular flexibility index (Phi) is 4.24. The van der Waals surface area contributed by atoms with Gasteiger partial charge in [0.25, 0.3) is 0 Å². The van der Waals surface area contributed by atoms with Gasteiger partial charge in [-0.2, -0.15) is 0 Å². The van der Waals surface area contributed by atoms with Crippen LogP contribution in [0.4, 0.5) is 0 Å². The third kappa shape index (κ3) is 4.61. The van der Waals surface area contributed by atoms with E-state index in [0.717, 1.165) is 0 Å². The van der Waals surface area contributed by atoms with E-state index >= 15 is 0 Å². The zero-order valence-corrected chi connectivity index (χ0v) is 26.5. The Balaban J connectivity index is 1.24. The van der Waals surface area contributed by atoms with Gasteiger partial charge in [-0.15, -0.1) is 11.3 Å². The maximum Gasteiger partial charge on any atom is 0.182 e. The van der Waals surface area contributed by atoms with Crippen molar-refractivity contribution in [2.24, 2.45) is 0 Å². The van der Waals surface area contributed by atoms with Gasteiger partial charge in [0.2, 0.25) is 0 Å². The lowest BCUT2D eigenvalue weighted by atomic mass is 10.0. The third-order valence-electron chi connectivity index (χ3n) is 8.42. The van der Waals surface area contributed by atoms with Crippen molar-refractivity contribution in [3.8, 4) is 51.1 Å². The summed E-state index contributed by atoms with van der Waals surface area (Å²) in [5, 5.41) is 0.478. The Morgan fingerprint density at radius 2 is 1.24 bits per heavy atom. The molecule has 4 aromatic heterocycles. The Morgan fingerprint density at radius 1 is 0.520 bits per heavy atom. The topological polar surface area (TPSA) is 56.5 Å². The SMILES string of the molecule is [2H]c1cc([2H])c2sc3c(-c4cccc(-c5nc(-c6ccccn6)nc(-c6ccccc6-n6c7c([2H])c([2H])c([2H])c([2H])c7c7c([2H])c([2H])c([2H])c([2H])c76)n5)c4)cc([2H])c([2H])c3c2c1[2H]. The Labute approximate surface area is 310 Å². The lowest BCUT2D eigenvalue weighted by Gasteiger charge is -2.14. The van der Waals surface area contributed by atoms with E-state index < -0.39 is 48.3 Å². The van der Waals surface area contributed by atoms with E-state index in [1.54, 1.807) is 66.9 Å². The molecule has 0 atom stereocenters. The lowest BCUT2D eigenvalue weighted by Crippen LogP contribution is -2.04. The van der Waals surface area contributed by atoms with Crippen LogP contribution in [0.25, 0.3) is 93.1 Å². The van der Waals surface area contributed by atoms with Crippen molar-refractivity contribution in [3.63, 3.8) is 0 Å². The van der Waals surface area contributed by atoms with Gasteiger partial charge >= 0.3 is 0 Å². The van der Waals surface area contributed by atoms with E-state index in [9.17, 15) is 0 Å². The van der Waals surface area contributed by atoms with Gasteiger partial charge in [0.05, 0.1) is 34.5 Å². The minimum absolute atomic E-state index is 0.0551. The van der Waals surface area contributed by atoms with Crippen LogP contribution in [0.5, 0.6) is 0 Å². The quantitative estimate of drug-likeness (QED) is 0.183. The van der Waals surface area contributed by atoms with Gasteiger partial charge in [-0.05, 0) is 59.6 Å². The molecule has 6 aromatic carbocycles. The monoisotopic (exact) mass is 670 g/mol. The van der Waals surface area contributed by atoms with Crippen LogP contribution in [-0.2, 0) is 0 Å². The minimum Gasteiger partial charge on any atom is -0.309 e. The summed E-state index contributed by atoms with van der Waals surface area (Å²) >= 11 is 1.22. The second-order valence-electron chi connectivity index (χ2n) is 11.3. The van der Waals surface area contributed by atoms with Crippen LogP contribution in [0.3, 0.4) is 0 Å². The summed E-state index contributed by atoms with van der Waals surface area (Å²) in [6, 6.07) is 17.7. The lowest BCUT2D eigenvalue weighted by molar-refractivity contribution is 1.05. The second-order valence-corrected chi connectivity index (χ2v) is 12.3. The molecule has 0 unspecified atom stereocenters. The summed E-state index contributed by atoms with van der Waals surface area (Å²) < 4.78 is 116. The van der Waals surface area contributed by atoms with Crippen LogP contribution < -0.4 is 0 Å². The van der Waals surface area contributed by atoms with Gasteiger partial charge in [0.1, 0.15) is 5.69 Å². The number of para-hydroxylation sites is 3. The second kappa shape index (κ2) is 11.6. The molecule has 0 amide bonds. The van der Waals surface area contributed by atoms with Gasteiger partial charge in [-0.25, -0.2) is 15.0 Å². The Bertz CT molecular complexity index is 3550. The molecule has 234 valence electrons. The smallest absolute Gasteiger partial charge is 0.182 e. The summed E-state index contributed by atoms with van der Waals surface area (Å²) in [6.45, 7) is 0. The Morgan fingerprint density at radius 3 is 2.08 bits per heavy atom. The molecule has 0 aliphatic carbocycles. The normalized spacial score (nSPS) is 15.2. The molecular formula is C44H27N5S. The number of fused-ring (bicyclic) bond motifs is 6. The number of benzene rings is 6. The van der Waals surface area contributed by atoms with E-state index in [4.69, 9.17) is 32.8 Å². The molecule has 0 bridgehead atoms. The number of nitrogens with zero attached hydrogens (tertiary/aromatic N) is 5. The van der Waals surface area contributed by atoms with E-state index in [0.29, 0.717) is 48.1 Å². The van der Waals surface area contributed by atoms with Crippen LogP contribution in [0.15, 0.2) is 164 Å². The van der Waals surface area contributed by atoms with Crippen molar-refractivity contribution in [3.05, 3.63) is 164 Å². The van der Waals surface area contributed by atoms with Crippen molar-refractivity contribution in [1.29, 1.82) is 0 Å². The van der Waals surface area contributed by atoms with Gasteiger partial charge < -0.3 is 4.57 Å². The van der Waals surface area contributed by atoms with Crippen molar-refractivity contribution in [1.82, 2.24) is 24.5 Å². The minimum atomic E-state index is -0.552. The molecule has 4 heterocycles. The molecule has 50 heavy (non-hydrogen) atoms. The number of thiophene rings is 1. The first-order chi connectivity index (χ1) is 30.2. The number of aromatic nitrogens is 5. The largest absolute Gasteiger partial charge is 0.309 e. The van der Waals surface area contributed by atoms with Crippen molar-refractivity contribution in [2.75, 3.05) is 0 Å². The molecule has 0 N–H and O–H groups in total. The molecule has 5 nitrogen and oxygen atoms in total. The number of hydrogen-bond acceptors (Lipinski definition) is 5. The van der Waals surface area contributed by atoms with Crippen molar-refractivity contribution >= 4 is 53.3 Å². The summed E-state index contributed by atoms with van der Waals surface area (Å²) in [6.07, 6.45) is 1.59. The van der Waals surface area contributed by atoms with Gasteiger partial charge in [-0.3, -0.25) is 4.98 Å². The predicted molar refractivity (Wildman–Crippen MR) is 207 cm³/mol. The van der Waals surface area contributed by atoms with Crippen molar-refractivity contribution in [2.45, 2.75) is 0 Å². The summed E-state index contributed by atoms with van der Waals surface area (Å²) in [4.78, 5) is 19.2. The first-order valence-corrected chi connectivity index (χ1v) is 16.3. The number of pyridine rings is 1. The first-order valence-electron chi connectivity index (χ1n) is 22.0. The van der Waals surface area contributed by atoms with Crippen LogP contribution in [-0.4, -0.2) is 24.5 Å². The van der Waals surface area contributed by atoms with E-state index in [1.165, 1.54) is 22.0 Å². The molecule has 0 radical (unpaired) electrons. The molecule has 0 spiro atoms. The van der Waals surface area contributed by atoms with Crippen LogP contribution in [0.1, 0.15) is 17.8 Å². The molecule has 10 rings (SSSR count). The summed E-state index contributed by atoms with van der Waals surface area (Å²) in [5.74, 6) is 0.479. The van der Waals surface area contributed by atoms with Gasteiger partial charge in [0, 0.05) is 48.3 Å². The van der Waals surface area contributed by atoms with E-state index in [2.05, 4.69) is 4.98 Å². The maximum absolute atomic E-state index is 9.07. The molecular weight excluding hydrogens is 631 g/mol. The Hall–Kier alpha value is -6.50. The van der Waals surface area contributed by atoms with Crippen LogP contribution >= 0.6 is 11.3 Å². The predicted octanol–water partition coefficient (Wildman–Crippen LogP) is 11.4. The first kappa shape index (κ1) is 18.3. The molecule has 0 fully saturated rings. The molecule has 0 saturated carbocycles. The fourth-order valence-corrected chi connectivity index (χ4v) is 7.33. The standard InChI is InChI=1S/C44H27N5S/c1-5-22-37-31(15-1)32-16-2-6-23-38(32)49(37)39-24-7-3-18-35(39)43-46-42(47-44(48-43)36-21-9-10-26-45-36)29-14-11-13-28(27-29)30-19-12-20-34-33-17-4-8-25-40(33)50-41(30)34/h1-27H/i1D,2D,4D,5D,6D,12D,15D,16D,17D,20D,22D,23D,25D. The molecule has 10 aromatic rings. The van der Waals surface area contributed by atoms with Gasteiger partial charge in [-0.1, -0.05) is 109 Å². The third-order valence-corrected chi connectivity index (χ3v) is 9.57. The highest BCUT2D eigenvalue weighted by Gasteiger charge is 2.19. The highest BCUT2D eigenvalue weighted by atomic mass is 32.1. The molecule has 0 aliphatic rings. The molecule has 0 aliphatic heterocycles. The van der Waals surface area contributed by atoms with Crippen molar-refractivity contribution < 1.29 is 17.8 Å². The average molecular weight is 671 g/mol. The maximum atomic E-state index is 9.07. The zero-order valence-electron chi connectivity index (χ0n) is 38.7. The number of hydrogen-bond donors (Lipinski definition) is 0. The highest BCUT2D eigenvalue weighted by molar-refractivity contribution is 7.26. The fraction of sp³-hybridized carbons (Fsp3) is 0. The zero-order chi connectivity index (χ0) is 44.3. The fourth-order valence-electron chi connectivity index (χ4n) is 6.21. The van der Waals surface area contributed by atoms with Gasteiger partial charge in [0.15, 0.2) is 17.5 Å².